The number of aromatic nitrogens is 2. The molecule has 22 heavy (non-hydrogen) atoms. The zero-order valence-electron chi connectivity index (χ0n) is 13.1. The Bertz CT molecular complexity index is 592. The van der Waals surface area contributed by atoms with Crippen LogP contribution in [0.4, 0.5) is 5.82 Å². The zero-order valence-corrected chi connectivity index (χ0v) is 13.1. The molecule has 6 heteroatoms. The Hall–Kier alpha value is -1.85. The summed E-state index contributed by atoms with van der Waals surface area (Å²) in [4.78, 5) is 25.8. The molecule has 120 valence electrons. The molecule has 1 aliphatic heterocycles. The van der Waals surface area contributed by atoms with E-state index in [0.717, 1.165) is 38.2 Å². The van der Waals surface area contributed by atoms with E-state index in [9.17, 15) is 9.59 Å². The van der Waals surface area contributed by atoms with E-state index in [-0.39, 0.29) is 23.4 Å². The van der Waals surface area contributed by atoms with Crippen LogP contribution in [0.1, 0.15) is 38.5 Å². The molecule has 0 radical (unpaired) electrons. The molecule has 1 amide bonds. The van der Waals surface area contributed by atoms with E-state index in [1.54, 1.807) is 13.1 Å². The van der Waals surface area contributed by atoms with Crippen molar-refractivity contribution in [3.8, 4) is 0 Å². The summed E-state index contributed by atoms with van der Waals surface area (Å²) in [7, 11) is 1.66. The van der Waals surface area contributed by atoms with E-state index in [4.69, 9.17) is 0 Å². The maximum atomic E-state index is 12.3. The molecule has 1 atom stereocenters. The first kappa shape index (κ1) is 15.1. The van der Waals surface area contributed by atoms with Crippen molar-refractivity contribution < 1.29 is 4.79 Å². The van der Waals surface area contributed by atoms with Gasteiger partial charge in [0.05, 0.1) is 0 Å². The van der Waals surface area contributed by atoms with Gasteiger partial charge in [0.15, 0.2) is 0 Å². The minimum atomic E-state index is -0.106. The molecule has 0 bridgehead atoms. The molecular formula is C16H24N4O2. The summed E-state index contributed by atoms with van der Waals surface area (Å²) in [5, 5.41) is 7.47. The standard InChI is InChI=1S/C16H24N4O2/c1-19-15(21)8-7-14(18-19)20-10-9-13(11-20)17-16(22)12-5-3-2-4-6-12/h7-8,12-13H,2-6,9-11H2,1H3,(H,17,22)/t13-/m0/s1. The molecule has 1 N–H and O–H groups in total. The van der Waals surface area contributed by atoms with Gasteiger partial charge in [-0.05, 0) is 25.3 Å². The molecule has 0 spiro atoms. The first-order valence-electron chi connectivity index (χ1n) is 8.23. The Balaban J connectivity index is 1.56. The Morgan fingerprint density at radius 3 is 2.73 bits per heavy atom. The summed E-state index contributed by atoms with van der Waals surface area (Å²) in [6.45, 7) is 1.63. The van der Waals surface area contributed by atoms with Gasteiger partial charge >= 0.3 is 0 Å². The summed E-state index contributed by atoms with van der Waals surface area (Å²) in [5.41, 5.74) is -0.106. The van der Waals surface area contributed by atoms with E-state index < -0.39 is 0 Å². The third-order valence-corrected chi connectivity index (χ3v) is 4.78. The maximum absolute atomic E-state index is 12.3. The highest BCUT2D eigenvalue weighted by Gasteiger charge is 2.28. The van der Waals surface area contributed by atoms with Crippen LogP contribution in [0.25, 0.3) is 0 Å². The number of amides is 1. The van der Waals surface area contributed by atoms with Gasteiger partial charge in [-0.15, -0.1) is 0 Å². The van der Waals surface area contributed by atoms with Crippen molar-refractivity contribution in [1.29, 1.82) is 0 Å². The minimum absolute atomic E-state index is 0.106. The lowest BCUT2D eigenvalue weighted by Crippen LogP contribution is -2.41. The number of hydrogen-bond donors (Lipinski definition) is 1. The number of rotatable bonds is 3. The van der Waals surface area contributed by atoms with E-state index in [1.165, 1.54) is 30.0 Å². The highest BCUT2D eigenvalue weighted by Crippen LogP contribution is 2.24. The van der Waals surface area contributed by atoms with Gasteiger partial charge in [-0.25, -0.2) is 4.68 Å². The van der Waals surface area contributed by atoms with E-state index in [2.05, 4.69) is 15.3 Å². The molecule has 1 aromatic rings. The second-order valence-electron chi connectivity index (χ2n) is 6.43. The van der Waals surface area contributed by atoms with Crippen molar-refractivity contribution in [1.82, 2.24) is 15.1 Å². The molecule has 0 unspecified atom stereocenters. The Labute approximate surface area is 130 Å². The van der Waals surface area contributed by atoms with Gasteiger partial charge in [0.1, 0.15) is 5.82 Å². The first-order valence-corrected chi connectivity index (χ1v) is 8.23. The third kappa shape index (κ3) is 3.31. The highest BCUT2D eigenvalue weighted by atomic mass is 16.2. The Morgan fingerprint density at radius 1 is 1.23 bits per heavy atom. The SMILES string of the molecule is Cn1nc(N2CC[C@H](NC(=O)C3CCCCC3)C2)ccc1=O. The lowest BCUT2D eigenvalue weighted by molar-refractivity contribution is -0.126. The van der Waals surface area contributed by atoms with Crippen LogP contribution in [0.5, 0.6) is 0 Å². The summed E-state index contributed by atoms with van der Waals surface area (Å²) in [6, 6.07) is 3.48. The van der Waals surface area contributed by atoms with Crippen LogP contribution in [-0.2, 0) is 11.8 Å². The third-order valence-electron chi connectivity index (χ3n) is 4.78. The van der Waals surface area contributed by atoms with Crippen LogP contribution in [0.3, 0.4) is 0 Å². The second kappa shape index (κ2) is 6.50. The van der Waals surface area contributed by atoms with Gasteiger partial charge in [0.25, 0.3) is 5.56 Å². The van der Waals surface area contributed by atoms with Crippen molar-refractivity contribution in [2.75, 3.05) is 18.0 Å². The van der Waals surface area contributed by atoms with Crippen molar-refractivity contribution in [3.63, 3.8) is 0 Å². The molecule has 2 heterocycles. The predicted octanol–water partition coefficient (Wildman–Crippen LogP) is 1.06. The molecule has 1 saturated carbocycles. The van der Waals surface area contributed by atoms with Gasteiger partial charge in [0.2, 0.25) is 5.91 Å². The van der Waals surface area contributed by atoms with Crippen molar-refractivity contribution in [3.05, 3.63) is 22.5 Å². The fourth-order valence-electron chi connectivity index (χ4n) is 3.43. The van der Waals surface area contributed by atoms with Crippen LogP contribution in [0.15, 0.2) is 16.9 Å². The molecule has 1 aliphatic carbocycles. The maximum Gasteiger partial charge on any atom is 0.266 e. The Kier molecular flexibility index (Phi) is 4.45. The number of anilines is 1. The second-order valence-corrected chi connectivity index (χ2v) is 6.43. The Morgan fingerprint density at radius 2 is 2.00 bits per heavy atom. The molecule has 6 nitrogen and oxygen atoms in total. The fraction of sp³-hybridized carbons (Fsp3) is 0.688. The fourth-order valence-corrected chi connectivity index (χ4v) is 3.43. The lowest BCUT2D eigenvalue weighted by Gasteiger charge is -2.23. The first-order chi connectivity index (χ1) is 10.6. The van der Waals surface area contributed by atoms with Gasteiger partial charge < -0.3 is 10.2 Å². The average molecular weight is 304 g/mol. The summed E-state index contributed by atoms with van der Waals surface area (Å²) >= 11 is 0. The quantitative estimate of drug-likeness (QED) is 0.906. The van der Waals surface area contributed by atoms with Crippen LogP contribution in [0.2, 0.25) is 0 Å². The smallest absolute Gasteiger partial charge is 0.266 e. The number of nitrogens with zero attached hydrogens (tertiary/aromatic N) is 3. The van der Waals surface area contributed by atoms with Gasteiger partial charge in [-0.3, -0.25) is 9.59 Å². The highest BCUT2D eigenvalue weighted by molar-refractivity contribution is 5.79. The molecule has 2 aliphatic rings. The largest absolute Gasteiger partial charge is 0.353 e. The van der Waals surface area contributed by atoms with Crippen LogP contribution in [0, 0.1) is 5.92 Å². The molecule has 0 aromatic carbocycles. The predicted molar refractivity (Wildman–Crippen MR) is 84.8 cm³/mol. The number of carbonyl (C=O) groups is 1. The van der Waals surface area contributed by atoms with Crippen molar-refractivity contribution in [2.45, 2.75) is 44.6 Å². The number of carbonyl (C=O) groups excluding carboxylic acids is 1. The van der Waals surface area contributed by atoms with Crippen molar-refractivity contribution in [2.24, 2.45) is 13.0 Å². The van der Waals surface area contributed by atoms with E-state index in [1.807, 2.05) is 0 Å². The normalized spacial score (nSPS) is 22.8. The molecule has 3 rings (SSSR count). The topological polar surface area (TPSA) is 67.2 Å². The average Bonchev–Trinajstić information content (AvgIpc) is 2.99. The summed E-state index contributed by atoms with van der Waals surface area (Å²) < 4.78 is 1.35. The summed E-state index contributed by atoms with van der Waals surface area (Å²) in [6.07, 6.45) is 6.62. The molecule has 1 saturated heterocycles. The zero-order chi connectivity index (χ0) is 15.5. The van der Waals surface area contributed by atoms with Crippen LogP contribution < -0.4 is 15.8 Å². The van der Waals surface area contributed by atoms with Crippen molar-refractivity contribution >= 4 is 11.7 Å². The number of nitrogens with one attached hydrogen (secondary N) is 1. The monoisotopic (exact) mass is 304 g/mol. The van der Waals surface area contributed by atoms with Gasteiger partial charge in [0, 0.05) is 38.2 Å². The van der Waals surface area contributed by atoms with Crippen LogP contribution >= 0.6 is 0 Å². The molecule has 1 aromatic heterocycles. The lowest BCUT2D eigenvalue weighted by atomic mass is 9.88. The number of hydrogen-bond acceptors (Lipinski definition) is 4. The number of aryl methyl sites for hydroxylation is 1. The van der Waals surface area contributed by atoms with E-state index in [0.29, 0.717) is 0 Å². The minimum Gasteiger partial charge on any atom is -0.353 e. The van der Waals surface area contributed by atoms with Gasteiger partial charge in [-0.1, -0.05) is 19.3 Å². The molecular weight excluding hydrogens is 280 g/mol. The van der Waals surface area contributed by atoms with Gasteiger partial charge in [-0.2, -0.15) is 5.10 Å². The molecule has 2 fully saturated rings. The summed E-state index contributed by atoms with van der Waals surface area (Å²) in [5.74, 6) is 1.23. The van der Waals surface area contributed by atoms with Crippen LogP contribution in [-0.4, -0.2) is 34.8 Å². The van der Waals surface area contributed by atoms with E-state index >= 15 is 0 Å².